The minimum absolute atomic E-state index is 0.219. The van der Waals surface area contributed by atoms with E-state index in [0.29, 0.717) is 28.3 Å². The molecular formula is C28H24BrClN2O5. The Labute approximate surface area is 228 Å². The van der Waals surface area contributed by atoms with Gasteiger partial charge in [0.05, 0.1) is 17.8 Å². The molecule has 37 heavy (non-hydrogen) atoms. The first-order valence-electron chi connectivity index (χ1n) is 11.3. The number of urea groups is 1. The van der Waals surface area contributed by atoms with E-state index < -0.39 is 17.8 Å². The normalized spacial score (nSPS) is 14.7. The Balaban J connectivity index is 1.65. The number of hydrogen-bond donors (Lipinski definition) is 1. The van der Waals surface area contributed by atoms with Crippen molar-refractivity contribution in [2.75, 3.05) is 12.0 Å². The number of aryl methyl sites for hydroxylation is 3. The third-order valence-corrected chi connectivity index (χ3v) is 6.50. The average Bonchev–Trinajstić information content (AvgIpc) is 2.81. The number of methoxy groups -OCH3 is 1. The lowest BCUT2D eigenvalue weighted by molar-refractivity contribution is -0.122. The number of nitrogens with one attached hydrogen (secondary N) is 1. The Kier molecular flexibility index (Phi) is 7.71. The summed E-state index contributed by atoms with van der Waals surface area (Å²) in [6, 6.07) is 13.6. The highest BCUT2D eigenvalue weighted by molar-refractivity contribution is 9.10. The van der Waals surface area contributed by atoms with Crippen LogP contribution in [0.25, 0.3) is 6.08 Å². The number of benzene rings is 3. The summed E-state index contributed by atoms with van der Waals surface area (Å²) in [6.07, 6.45) is 1.37. The Hall–Kier alpha value is -3.62. The quantitative estimate of drug-likeness (QED) is 0.273. The fourth-order valence-corrected chi connectivity index (χ4v) is 4.93. The summed E-state index contributed by atoms with van der Waals surface area (Å²) >= 11 is 9.90. The van der Waals surface area contributed by atoms with Gasteiger partial charge in [0.2, 0.25) is 0 Å². The fourth-order valence-electron chi connectivity index (χ4n) is 4.18. The van der Waals surface area contributed by atoms with Gasteiger partial charge in [-0.3, -0.25) is 14.9 Å². The minimum Gasteiger partial charge on any atom is -0.493 e. The number of ether oxygens (including phenoxy) is 2. The molecule has 0 aromatic heterocycles. The van der Waals surface area contributed by atoms with Crippen LogP contribution in [0.3, 0.4) is 0 Å². The standard InChI is InChI=1S/C28H24BrClN2O5/c1-15-7-16(2)9-19(8-15)14-37-25-22(30)12-18(13-24(25)36-4)11-21-26(33)31-28(35)32(27(21)34)23-6-5-20(29)10-17(23)3/h5-13H,14H2,1-4H3,(H,31,33,35)/b21-11-. The Morgan fingerprint density at radius 1 is 1.00 bits per heavy atom. The van der Waals surface area contributed by atoms with Gasteiger partial charge in [-0.15, -0.1) is 0 Å². The first-order valence-corrected chi connectivity index (χ1v) is 12.5. The predicted molar refractivity (Wildman–Crippen MR) is 146 cm³/mol. The molecule has 1 aliphatic heterocycles. The van der Waals surface area contributed by atoms with E-state index in [4.69, 9.17) is 21.1 Å². The van der Waals surface area contributed by atoms with Crippen molar-refractivity contribution >= 4 is 57.1 Å². The van der Waals surface area contributed by atoms with E-state index >= 15 is 0 Å². The SMILES string of the molecule is COc1cc(/C=C2/C(=O)NC(=O)N(c3ccc(Br)cc3C)C2=O)cc(Cl)c1OCc1cc(C)cc(C)c1. The molecule has 0 unspecified atom stereocenters. The molecule has 190 valence electrons. The lowest BCUT2D eigenvalue weighted by Gasteiger charge is -2.27. The number of halogens is 2. The lowest BCUT2D eigenvalue weighted by Crippen LogP contribution is -2.54. The Morgan fingerprint density at radius 3 is 2.35 bits per heavy atom. The molecule has 3 aromatic carbocycles. The molecule has 1 N–H and O–H groups in total. The van der Waals surface area contributed by atoms with Gasteiger partial charge < -0.3 is 9.47 Å². The number of carbonyl (C=O) groups is 3. The molecular weight excluding hydrogens is 560 g/mol. The van der Waals surface area contributed by atoms with Crippen LogP contribution in [0.15, 0.2) is 58.6 Å². The number of amides is 4. The van der Waals surface area contributed by atoms with Crippen molar-refractivity contribution in [3.63, 3.8) is 0 Å². The van der Waals surface area contributed by atoms with Crippen LogP contribution in [0.2, 0.25) is 5.02 Å². The van der Waals surface area contributed by atoms with Crippen molar-refractivity contribution in [3.8, 4) is 11.5 Å². The zero-order valence-corrected chi connectivity index (χ0v) is 23.0. The molecule has 0 saturated carbocycles. The highest BCUT2D eigenvalue weighted by Gasteiger charge is 2.37. The van der Waals surface area contributed by atoms with Gasteiger partial charge in [0, 0.05) is 4.47 Å². The van der Waals surface area contributed by atoms with Gasteiger partial charge in [-0.25, -0.2) is 9.69 Å². The lowest BCUT2D eigenvalue weighted by atomic mass is 10.1. The van der Waals surface area contributed by atoms with Crippen molar-refractivity contribution < 1.29 is 23.9 Å². The topological polar surface area (TPSA) is 84.9 Å². The maximum absolute atomic E-state index is 13.3. The van der Waals surface area contributed by atoms with Crippen LogP contribution < -0.4 is 19.7 Å². The molecule has 0 radical (unpaired) electrons. The van der Waals surface area contributed by atoms with Gasteiger partial charge in [0.15, 0.2) is 11.5 Å². The van der Waals surface area contributed by atoms with Crippen molar-refractivity contribution in [2.45, 2.75) is 27.4 Å². The van der Waals surface area contributed by atoms with E-state index in [2.05, 4.69) is 27.3 Å². The maximum atomic E-state index is 13.3. The number of barbiturate groups is 1. The third kappa shape index (κ3) is 5.70. The minimum atomic E-state index is -0.816. The van der Waals surface area contributed by atoms with E-state index in [9.17, 15) is 14.4 Å². The van der Waals surface area contributed by atoms with Crippen LogP contribution in [-0.2, 0) is 16.2 Å². The first-order chi connectivity index (χ1) is 17.6. The summed E-state index contributed by atoms with van der Waals surface area (Å²) in [7, 11) is 1.47. The fraction of sp³-hybridized carbons (Fsp3) is 0.179. The van der Waals surface area contributed by atoms with Gasteiger partial charge >= 0.3 is 6.03 Å². The molecule has 3 aromatic rings. The zero-order valence-electron chi connectivity index (χ0n) is 20.6. The van der Waals surface area contributed by atoms with Crippen LogP contribution in [0.1, 0.15) is 27.8 Å². The molecule has 0 spiro atoms. The maximum Gasteiger partial charge on any atom is 0.335 e. The second-order valence-electron chi connectivity index (χ2n) is 8.71. The molecule has 7 nitrogen and oxygen atoms in total. The molecule has 4 rings (SSSR count). The molecule has 1 saturated heterocycles. The van der Waals surface area contributed by atoms with Gasteiger partial charge in [0.1, 0.15) is 12.2 Å². The Bertz CT molecular complexity index is 1450. The zero-order chi connectivity index (χ0) is 26.9. The summed E-state index contributed by atoms with van der Waals surface area (Å²) in [4.78, 5) is 39.4. The molecule has 0 atom stereocenters. The second kappa shape index (κ2) is 10.8. The number of imide groups is 2. The number of hydrogen-bond acceptors (Lipinski definition) is 5. The van der Waals surface area contributed by atoms with Crippen LogP contribution in [0.4, 0.5) is 10.5 Å². The van der Waals surface area contributed by atoms with Gasteiger partial charge in [0.25, 0.3) is 11.8 Å². The van der Waals surface area contributed by atoms with Crippen LogP contribution >= 0.6 is 27.5 Å². The average molecular weight is 584 g/mol. The number of rotatable bonds is 6. The summed E-state index contributed by atoms with van der Waals surface area (Å²) < 4.78 is 12.3. The molecule has 0 aliphatic carbocycles. The van der Waals surface area contributed by atoms with E-state index in [1.807, 2.05) is 26.0 Å². The third-order valence-electron chi connectivity index (χ3n) is 5.73. The van der Waals surface area contributed by atoms with Crippen molar-refractivity contribution in [3.05, 3.63) is 91.4 Å². The van der Waals surface area contributed by atoms with Crippen molar-refractivity contribution in [1.82, 2.24) is 5.32 Å². The Morgan fingerprint density at radius 2 is 1.70 bits per heavy atom. The van der Waals surface area contributed by atoms with E-state index in [0.717, 1.165) is 26.1 Å². The molecule has 1 aliphatic rings. The van der Waals surface area contributed by atoms with E-state index in [1.54, 1.807) is 37.3 Å². The molecule has 1 heterocycles. The van der Waals surface area contributed by atoms with Gasteiger partial charge in [-0.2, -0.15) is 0 Å². The number of anilines is 1. The number of nitrogens with zero attached hydrogens (tertiary/aromatic N) is 1. The monoisotopic (exact) mass is 582 g/mol. The molecule has 4 amide bonds. The van der Waals surface area contributed by atoms with Gasteiger partial charge in [-0.1, -0.05) is 56.9 Å². The van der Waals surface area contributed by atoms with Crippen LogP contribution in [0.5, 0.6) is 11.5 Å². The first kappa shape index (κ1) is 26.4. The predicted octanol–water partition coefficient (Wildman–Crippen LogP) is 6.28. The van der Waals surface area contributed by atoms with Crippen LogP contribution in [0, 0.1) is 20.8 Å². The largest absolute Gasteiger partial charge is 0.493 e. The highest BCUT2D eigenvalue weighted by Crippen LogP contribution is 2.38. The summed E-state index contributed by atoms with van der Waals surface area (Å²) in [5, 5.41) is 2.48. The van der Waals surface area contributed by atoms with Crippen molar-refractivity contribution in [2.24, 2.45) is 0 Å². The number of carbonyl (C=O) groups excluding carboxylic acids is 3. The second-order valence-corrected chi connectivity index (χ2v) is 10.0. The summed E-state index contributed by atoms with van der Waals surface area (Å²) in [5.74, 6) is -0.869. The van der Waals surface area contributed by atoms with E-state index in [1.165, 1.54) is 13.2 Å². The summed E-state index contributed by atoms with van der Waals surface area (Å²) in [5.41, 5.74) is 4.50. The smallest absolute Gasteiger partial charge is 0.335 e. The van der Waals surface area contributed by atoms with E-state index in [-0.39, 0.29) is 17.2 Å². The molecule has 0 bridgehead atoms. The highest BCUT2D eigenvalue weighted by atomic mass is 79.9. The van der Waals surface area contributed by atoms with Gasteiger partial charge in [-0.05, 0) is 73.9 Å². The molecule has 9 heteroatoms. The van der Waals surface area contributed by atoms with Crippen LogP contribution in [-0.4, -0.2) is 25.0 Å². The summed E-state index contributed by atoms with van der Waals surface area (Å²) in [6.45, 7) is 6.08. The van der Waals surface area contributed by atoms with Crippen molar-refractivity contribution in [1.29, 1.82) is 0 Å². The molecule has 1 fully saturated rings.